The first-order valence-electron chi connectivity index (χ1n) is 10.7. The van der Waals surface area contributed by atoms with Gasteiger partial charge in [0.1, 0.15) is 0 Å². The topological polar surface area (TPSA) is 69.6 Å². The average Bonchev–Trinajstić information content (AvgIpc) is 2.94. The number of carbonyl (C=O) groups excluding carboxylic acids is 2. The van der Waals surface area contributed by atoms with Crippen LogP contribution in [0.25, 0.3) is 0 Å². The second-order valence-electron chi connectivity index (χ2n) is 8.27. The summed E-state index contributed by atoms with van der Waals surface area (Å²) in [6.45, 7) is 4.37. The molecule has 1 aliphatic carbocycles. The maximum absolute atomic E-state index is 12.4. The summed E-state index contributed by atoms with van der Waals surface area (Å²) >= 11 is 0. The Morgan fingerprint density at radius 3 is 2.32 bits per heavy atom. The van der Waals surface area contributed by atoms with Gasteiger partial charge >= 0.3 is 11.8 Å². The molecule has 0 spiro atoms. The summed E-state index contributed by atoms with van der Waals surface area (Å²) in [5.41, 5.74) is 1.16. The fraction of sp³-hybridized carbons (Fsp3) is 0.714. The van der Waals surface area contributed by atoms with Gasteiger partial charge in [-0.2, -0.15) is 0 Å². The van der Waals surface area contributed by atoms with Crippen molar-refractivity contribution in [3.05, 3.63) is 24.0 Å². The number of hydrogen-bond donors (Lipinski definition) is 2. The van der Waals surface area contributed by atoms with E-state index in [1.165, 1.54) is 12.8 Å². The molecule has 1 saturated carbocycles. The van der Waals surface area contributed by atoms with E-state index < -0.39 is 11.8 Å². The Morgan fingerprint density at radius 1 is 1.04 bits per heavy atom. The molecule has 0 aromatic carbocycles. The Morgan fingerprint density at radius 2 is 1.71 bits per heavy atom. The molecular weight excluding hydrogens is 354 g/mol. The number of amides is 2. The molecule has 2 amide bonds. The van der Waals surface area contributed by atoms with Crippen LogP contribution in [0.4, 0.5) is 0 Å². The quantitative estimate of drug-likeness (QED) is 0.588. The maximum Gasteiger partial charge on any atom is 0.309 e. The first kappa shape index (κ1) is 20.9. The van der Waals surface area contributed by atoms with Crippen molar-refractivity contribution in [3.8, 4) is 0 Å². The van der Waals surface area contributed by atoms with Gasteiger partial charge in [0.25, 0.3) is 0 Å². The molecule has 2 heterocycles. The summed E-state index contributed by atoms with van der Waals surface area (Å²) in [7, 11) is 4.16. The van der Waals surface area contributed by atoms with Crippen LogP contribution in [0.3, 0.4) is 0 Å². The van der Waals surface area contributed by atoms with Crippen molar-refractivity contribution in [3.63, 3.8) is 0 Å². The smallest absolute Gasteiger partial charge is 0.309 e. The Kier molecular flexibility index (Phi) is 7.50. The molecule has 1 saturated heterocycles. The summed E-state index contributed by atoms with van der Waals surface area (Å²) in [6.07, 6.45) is 8.69. The number of likely N-dealkylation sites (N-methyl/N-ethyl adjacent to an activating group) is 1. The summed E-state index contributed by atoms with van der Waals surface area (Å²) < 4.78 is 2.10. The van der Waals surface area contributed by atoms with Crippen LogP contribution in [0.15, 0.2) is 18.3 Å². The number of hydrogen-bond acceptors (Lipinski definition) is 4. The van der Waals surface area contributed by atoms with Crippen LogP contribution in [0, 0.1) is 0 Å². The minimum atomic E-state index is -0.516. The van der Waals surface area contributed by atoms with Crippen LogP contribution in [-0.4, -0.2) is 72.0 Å². The number of carbonyl (C=O) groups is 2. The number of piperazine rings is 1. The van der Waals surface area contributed by atoms with Crippen LogP contribution in [0.1, 0.15) is 50.3 Å². The molecule has 2 aliphatic rings. The predicted octanol–water partition coefficient (Wildman–Crippen LogP) is 1.27. The zero-order valence-electron chi connectivity index (χ0n) is 17.3. The van der Waals surface area contributed by atoms with Gasteiger partial charge in [0.2, 0.25) is 0 Å². The predicted molar refractivity (Wildman–Crippen MR) is 110 cm³/mol. The Labute approximate surface area is 168 Å². The van der Waals surface area contributed by atoms with E-state index in [2.05, 4.69) is 38.1 Å². The van der Waals surface area contributed by atoms with Gasteiger partial charge in [-0.3, -0.25) is 14.5 Å². The van der Waals surface area contributed by atoms with E-state index in [-0.39, 0.29) is 12.1 Å². The van der Waals surface area contributed by atoms with Crippen molar-refractivity contribution in [1.29, 1.82) is 0 Å². The highest BCUT2D eigenvalue weighted by Crippen LogP contribution is 2.22. The summed E-state index contributed by atoms with van der Waals surface area (Å²) in [5.74, 6) is -1.01. The number of aryl methyl sites for hydroxylation is 1. The third-order valence-corrected chi connectivity index (χ3v) is 6.16. The number of aromatic nitrogens is 1. The lowest BCUT2D eigenvalue weighted by molar-refractivity contribution is -0.139. The highest BCUT2D eigenvalue weighted by Gasteiger charge is 2.27. The summed E-state index contributed by atoms with van der Waals surface area (Å²) in [6, 6.07) is 4.34. The third kappa shape index (κ3) is 5.58. The lowest BCUT2D eigenvalue weighted by atomic mass is 10.1. The van der Waals surface area contributed by atoms with Crippen molar-refractivity contribution < 1.29 is 9.59 Å². The second kappa shape index (κ2) is 10.1. The molecule has 2 N–H and O–H groups in total. The Hall–Kier alpha value is -1.86. The minimum absolute atomic E-state index is 0.0725. The monoisotopic (exact) mass is 389 g/mol. The fourth-order valence-corrected chi connectivity index (χ4v) is 4.32. The third-order valence-electron chi connectivity index (χ3n) is 6.16. The molecule has 28 heavy (non-hydrogen) atoms. The van der Waals surface area contributed by atoms with E-state index >= 15 is 0 Å². The molecule has 1 aromatic heterocycles. The second-order valence-corrected chi connectivity index (χ2v) is 8.27. The zero-order valence-corrected chi connectivity index (χ0v) is 17.3. The van der Waals surface area contributed by atoms with Crippen molar-refractivity contribution in [2.45, 2.75) is 50.6 Å². The Balaban J connectivity index is 1.57. The Bertz CT molecular complexity index is 643. The lowest BCUT2D eigenvalue weighted by Crippen LogP contribution is -2.50. The molecule has 0 bridgehead atoms. The van der Waals surface area contributed by atoms with Crippen LogP contribution in [0.2, 0.25) is 0 Å². The average molecular weight is 390 g/mol. The molecule has 1 atom stereocenters. The van der Waals surface area contributed by atoms with Crippen molar-refractivity contribution in [2.75, 3.05) is 39.8 Å². The van der Waals surface area contributed by atoms with Gasteiger partial charge in [0, 0.05) is 57.7 Å². The molecular formula is C21H35N5O2. The van der Waals surface area contributed by atoms with Gasteiger partial charge in [0.15, 0.2) is 0 Å². The van der Waals surface area contributed by atoms with Crippen LogP contribution in [0.5, 0.6) is 0 Å². The van der Waals surface area contributed by atoms with Crippen LogP contribution < -0.4 is 10.6 Å². The molecule has 7 nitrogen and oxygen atoms in total. The first-order chi connectivity index (χ1) is 13.5. The van der Waals surface area contributed by atoms with E-state index in [4.69, 9.17) is 0 Å². The van der Waals surface area contributed by atoms with Gasteiger partial charge in [-0.25, -0.2) is 0 Å². The van der Waals surface area contributed by atoms with Gasteiger partial charge in [-0.15, -0.1) is 0 Å². The fourth-order valence-electron chi connectivity index (χ4n) is 4.32. The molecule has 2 fully saturated rings. The van der Waals surface area contributed by atoms with Crippen LogP contribution in [-0.2, 0) is 16.6 Å². The SMILES string of the molecule is CN1CCN(C(CNC(=O)C(=O)NC2CCCCCC2)c2cccn2C)CC1. The zero-order chi connectivity index (χ0) is 19.9. The van der Waals surface area contributed by atoms with Gasteiger partial charge < -0.3 is 20.1 Å². The molecule has 1 unspecified atom stereocenters. The molecule has 156 valence electrons. The lowest BCUT2D eigenvalue weighted by Gasteiger charge is -2.38. The van der Waals surface area contributed by atoms with Gasteiger partial charge in [0.05, 0.1) is 6.04 Å². The normalized spacial score (nSPS) is 21.1. The van der Waals surface area contributed by atoms with E-state index in [9.17, 15) is 9.59 Å². The van der Waals surface area contributed by atoms with Crippen molar-refractivity contribution >= 4 is 11.8 Å². The van der Waals surface area contributed by atoms with E-state index in [1.54, 1.807) is 0 Å². The molecule has 7 heteroatoms. The number of rotatable bonds is 5. The van der Waals surface area contributed by atoms with Gasteiger partial charge in [-0.05, 0) is 32.0 Å². The number of nitrogens with zero attached hydrogens (tertiary/aromatic N) is 3. The van der Waals surface area contributed by atoms with E-state index in [1.807, 2.05) is 19.3 Å². The minimum Gasteiger partial charge on any atom is -0.353 e. The summed E-state index contributed by atoms with van der Waals surface area (Å²) in [4.78, 5) is 29.5. The standard InChI is InChI=1S/C21H35N5O2/c1-24-12-14-26(15-13-24)19(18-10-7-11-25(18)2)16-22-20(27)21(28)23-17-8-5-3-4-6-9-17/h7,10-11,17,19H,3-6,8-9,12-16H2,1-2H3,(H,22,27)(H,23,28). The molecule has 3 rings (SSSR count). The molecule has 0 radical (unpaired) electrons. The van der Waals surface area contributed by atoms with E-state index in [0.29, 0.717) is 6.54 Å². The summed E-state index contributed by atoms with van der Waals surface area (Å²) in [5, 5.41) is 5.83. The van der Waals surface area contributed by atoms with Crippen molar-refractivity contribution in [2.24, 2.45) is 7.05 Å². The molecule has 1 aliphatic heterocycles. The maximum atomic E-state index is 12.4. The number of nitrogens with one attached hydrogen (secondary N) is 2. The van der Waals surface area contributed by atoms with Crippen LogP contribution >= 0.6 is 0 Å². The first-order valence-corrected chi connectivity index (χ1v) is 10.7. The van der Waals surface area contributed by atoms with Gasteiger partial charge in [-0.1, -0.05) is 25.7 Å². The van der Waals surface area contributed by atoms with Crippen molar-refractivity contribution in [1.82, 2.24) is 25.0 Å². The highest BCUT2D eigenvalue weighted by atomic mass is 16.2. The highest BCUT2D eigenvalue weighted by molar-refractivity contribution is 6.35. The van der Waals surface area contributed by atoms with E-state index in [0.717, 1.165) is 57.6 Å². The largest absolute Gasteiger partial charge is 0.353 e. The molecule has 1 aromatic rings.